The summed E-state index contributed by atoms with van der Waals surface area (Å²) < 4.78 is 9.39. The third-order valence-corrected chi connectivity index (χ3v) is 1.56. The highest BCUT2D eigenvalue weighted by molar-refractivity contribution is 5.69. The fourth-order valence-electron chi connectivity index (χ4n) is 0.875. The van der Waals surface area contributed by atoms with Crippen molar-refractivity contribution in [2.24, 2.45) is 0 Å². The molecule has 0 aromatic heterocycles. The Bertz CT molecular complexity index is 315. The highest BCUT2D eigenvalue weighted by Gasteiger charge is 1.98. The second kappa shape index (κ2) is 4.96. The number of benzene rings is 1. The molecular formula is C9H12N2O3. The minimum atomic E-state index is -0.548. The molecule has 0 bridgehead atoms. The van der Waals surface area contributed by atoms with Crippen LogP contribution in [-0.2, 0) is 4.74 Å². The summed E-state index contributed by atoms with van der Waals surface area (Å²) in [5.41, 5.74) is 5.72. The van der Waals surface area contributed by atoms with Crippen LogP contribution < -0.4 is 15.6 Å². The van der Waals surface area contributed by atoms with Gasteiger partial charge < -0.3 is 9.47 Å². The molecule has 14 heavy (non-hydrogen) atoms. The van der Waals surface area contributed by atoms with E-state index < -0.39 is 6.09 Å². The van der Waals surface area contributed by atoms with Gasteiger partial charge in [0.15, 0.2) is 0 Å². The predicted molar refractivity (Wildman–Crippen MR) is 52.2 cm³/mol. The SMILES string of the molecule is COC(=O)NNc1cccc(OC)c1. The van der Waals surface area contributed by atoms with Gasteiger partial charge in [-0.05, 0) is 12.1 Å². The average Bonchev–Trinajstić information content (AvgIpc) is 2.26. The van der Waals surface area contributed by atoms with Gasteiger partial charge in [-0.25, -0.2) is 10.2 Å². The number of amides is 1. The van der Waals surface area contributed by atoms with Crippen molar-refractivity contribution >= 4 is 11.8 Å². The van der Waals surface area contributed by atoms with Crippen molar-refractivity contribution < 1.29 is 14.3 Å². The van der Waals surface area contributed by atoms with E-state index in [2.05, 4.69) is 15.6 Å². The molecule has 0 aliphatic rings. The number of hydrogen-bond acceptors (Lipinski definition) is 4. The molecule has 2 N–H and O–H groups in total. The van der Waals surface area contributed by atoms with Crippen molar-refractivity contribution in [3.63, 3.8) is 0 Å². The molecule has 0 heterocycles. The van der Waals surface area contributed by atoms with E-state index in [9.17, 15) is 4.79 Å². The topological polar surface area (TPSA) is 59.6 Å². The number of methoxy groups -OCH3 is 2. The number of carbonyl (C=O) groups excluding carboxylic acids is 1. The van der Waals surface area contributed by atoms with E-state index in [1.54, 1.807) is 25.3 Å². The summed E-state index contributed by atoms with van der Waals surface area (Å²) in [4.78, 5) is 10.7. The maximum Gasteiger partial charge on any atom is 0.425 e. The summed E-state index contributed by atoms with van der Waals surface area (Å²) in [5, 5.41) is 0. The standard InChI is InChI=1S/C9H12N2O3/c1-13-8-5-3-4-7(6-8)10-11-9(12)14-2/h3-6,10H,1-2H3,(H,11,12). The molecule has 0 aliphatic carbocycles. The summed E-state index contributed by atoms with van der Waals surface area (Å²) in [5.74, 6) is 0.710. The molecule has 0 fully saturated rings. The van der Waals surface area contributed by atoms with Gasteiger partial charge in [0.1, 0.15) is 5.75 Å². The van der Waals surface area contributed by atoms with Gasteiger partial charge in [0.25, 0.3) is 0 Å². The van der Waals surface area contributed by atoms with Gasteiger partial charge >= 0.3 is 6.09 Å². The normalized spacial score (nSPS) is 9.00. The lowest BCUT2D eigenvalue weighted by molar-refractivity contribution is 0.173. The Hall–Kier alpha value is -1.91. The lowest BCUT2D eigenvalue weighted by Gasteiger charge is -2.08. The Kier molecular flexibility index (Phi) is 3.60. The van der Waals surface area contributed by atoms with Crippen LogP contribution in [0.1, 0.15) is 0 Å². The van der Waals surface area contributed by atoms with Crippen LogP contribution in [0.15, 0.2) is 24.3 Å². The Morgan fingerprint density at radius 1 is 1.36 bits per heavy atom. The summed E-state index contributed by atoms with van der Waals surface area (Å²) in [7, 11) is 2.87. The van der Waals surface area contributed by atoms with E-state index in [-0.39, 0.29) is 0 Å². The fraction of sp³-hybridized carbons (Fsp3) is 0.222. The number of anilines is 1. The Morgan fingerprint density at radius 3 is 2.79 bits per heavy atom. The van der Waals surface area contributed by atoms with Crippen LogP contribution in [0, 0.1) is 0 Å². The number of rotatable bonds is 3. The predicted octanol–water partition coefficient (Wildman–Crippen LogP) is 1.38. The number of hydrogen-bond donors (Lipinski definition) is 2. The second-order valence-corrected chi connectivity index (χ2v) is 2.47. The number of nitrogens with one attached hydrogen (secondary N) is 2. The highest BCUT2D eigenvalue weighted by Crippen LogP contribution is 2.15. The largest absolute Gasteiger partial charge is 0.497 e. The molecule has 0 unspecified atom stereocenters. The molecule has 1 rings (SSSR count). The zero-order chi connectivity index (χ0) is 10.4. The molecule has 1 aromatic rings. The maximum absolute atomic E-state index is 10.7. The first-order valence-electron chi connectivity index (χ1n) is 4.00. The molecular weight excluding hydrogens is 184 g/mol. The van der Waals surface area contributed by atoms with Gasteiger partial charge in [0, 0.05) is 6.07 Å². The van der Waals surface area contributed by atoms with Crippen molar-refractivity contribution in [3.8, 4) is 5.75 Å². The summed E-state index contributed by atoms with van der Waals surface area (Å²) in [6.07, 6.45) is -0.548. The van der Waals surface area contributed by atoms with Crippen LogP contribution in [0.3, 0.4) is 0 Å². The summed E-state index contributed by atoms with van der Waals surface area (Å²) in [6.45, 7) is 0. The average molecular weight is 196 g/mol. The van der Waals surface area contributed by atoms with Crippen molar-refractivity contribution in [1.29, 1.82) is 0 Å². The van der Waals surface area contributed by atoms with Crippen LogP contribution in [-0.4, -0.2) is 20.3 Å². The van der Waals surface area contributed by atoms with Crippen LogP contribution >= 0.6 is 0 Å². The van der Waals surface area contributed by atoms with E-state index in [4.69, 9.17) is 4.74 Å². The highest BCUT2D eigenvalue weighted by atomic mass is 16.5. The molecule has 0 saturated heterocycles. The van der Waals surface area contributed by atoms with Crippen LogP contribution in [0.4, 0.5) is 10.5 Å². The minimum absolute atomic E-state index is 0.548. The molecule has 0 atom stereocenters. The van der Waals surface area contributed by atoms with Crippen molar-refractivity contribution in [3.05, 3.63) is 24.3 Å². The van der Waals surface area contributed by atoms with E-state index in [0.717, 1.165) is 5.69 Å². The summed E-state index contributed by atoms with van der Waals surface area (Å²) in [6, 6.07) is 7.15. The number of hydrazine groups is 1. The molecule has 1 aromatic carbocycles. The van der Waals surface area contributed by atoms with Gasteiger partial charge in [0.2, 0.25) is 0 Å². The molecule has 76 valence electrons. The van der Waals surface area contributed by atoms with E-state index in [0.29, 0.717) is 5.75 Å². The van der Waals surface area contributed by atoms with Gasteiger partial charge in [-0.15, -0.1) is 0 Å². The van der Waals surface area contributed by atoms with Crippen LogP contribution in [0.5, 0.6) is 5.75 Å². The molecule has 0 spiro atoms. The second-order valence-electron chi connectivity index (χ2n) is 2.47. The third-order valence-electron chi connectivity index (χ3n) is 1.56. The quantitative estimate of drug-likeness (QED) is 0.717. The monoisotopic (exact) mass is 196 g/mol. The Labute approximate surface area is 82.0 Å². The molecule has 5 heteroatoms. The molecule has 0 saturated carbocycles. The first-order chi connectivity index (χ1) is 6.76. The van der Waals surface area contributed by atoms with Crippen molar-refractivity contribution in [2.45, 2.75) is 0 Å². The fourth-order valence-corrected chi connectivity index (χ4v) is 0.875. The summed E-state index contributed by atoms with van der Waals surface area (Å²) >= 11 is 0. The third kappa shape index (κ3) is 2.85. The molecule has 5 nitrogen and oxygen atoms in total. The van der Waals surface area contributed by atoms with Crippen LogP contribution in [0.25, 0.3) is 0 Å². The van der Waals surface area contributed by atoms with Gasteiger partial charge in [-0.2, -0.15) is 0 Å². The van der Waals surface area contributed by atoms with E-state index in [1.165, 1.54) is 7.11 Å². The number of ether oxygens (including phenoxy) is 2. The van der Waals surface area contributed by atoms with Crippen molar-refractivity contribution in [2.75, 3.05) is 19.6 Å². The van der Waals surface area contributed by atoms with Gasteiger partial charge in [0.05, 0.1) is 19.9 Å². The maximum atomic E-state index is 10.7. The van der Waals surface area contributed by atoms with Gasteiger partial charge in [-0.1, -0.05) is 6.07 Å². The zero-order valence-corrected chi connectivity index (χ0v) is 8.03. The van der Waals surface area contributed by atoms with Crippen LogP contribution in [0.2, 0.25) is 0 Å². The zero-order valence-electron chi connectivity index (χ0n) is 8.03. The molecule has 0 radical (unpaired) electrons. The molecule has 1 amide bonds. The molecule has 0 aliphatic heterocycles. The number of carbonyl (C=O) groups is 1. The van der Waals surface area contributed by atoms with Gasteiger partial charge in [-0.3, -0.25) is 5.43 Å². The van der Waals surface area contributed by atoms with E-state index >= 15 is 0 Å². The first-order valence-corrected chi connectivity index (χ1v) is 4.00. The lowest BCUT2D eigenvalue weighted by atomic mass is 10.3. The Morgan fingerprint density at radius 2 is 2.14 bits per heavy atom. The smallest absolute Gasteiger partial charge is 0.425 e. The minimum Gasteiger partial charge on any atom is -0.497 e. The Balaban J connectivity index is 2.54. The first kappa shape index (κ1) is 10.2. The van der Waals surface area contributed by atoms with Crippen molar-refractivity contribution in [1.82, 2.24) is 5.43 Å². The lowest BCUT2D eigenvalue weighted by Crippen LogP contribution is -2.28. The van der Waals surface area contributed by atoms with E-state index in [1.807, 2.05) is 6.07 Å².